The van der Waals surface area contributed by atoms with Gasteiger partial charge in [0.15, 0.2) is 0 Å². The quantitative estimate of drug-likeness (QED) is 0.446. The molecule has 0 aromatic heterocycles. The Morgan fingerprint density at radius 2 is 1.92 bits per heavy atom. The van der Waals surface area contributed by atoms with E-state index in [9.17, 15) is 0 Å². The van der Waals surface area contributed by atoms with E-state index in [2.05, 4.69) is 12.8 Å². The highest BCUT2D eigenvalue weighted by molar-refractivity contribution is 4.97. The van der Waals surface area contributed by atoms with E-state index in [-0.39, 0.29) is 0 Å². The Morgan fingerprint density at radius 3 is 2.42 bits per heavy atom. The van der Waals surface area contributed by atoms with E-state index in [0.717, 1.165) is 13.0 Å². The third kappa shape index (κ3) is 6.21. The molecular weight excluding hydrogens is 152 g/mol. The molecule has 12 heavy (non-hydrogen) atoms. The van der Waals surface area contributed by atoms with E-state index in [4.69, 9.17) is 15.9 Å². The second-order valence-electron chi connectivity index (χ2n) is 3.10. The molecule has 0 fully saturated rings. The summed E-state index contributed by atoms with van der Waals surface area (Å²) in [6.45, 7) is 7.58. The number of hydrogen-bond acceptors (Lipinski definition) is 2. The molecule has 2 nitrogen and oxygen atoms in total. The van der Waals surface area contributed by atoms with Crippen LogP contribution in [0.1, 0.15) is 27.2 Å². The van der Waals surface area contributed by atoms with Crippen LogP contribution in [0.3, 0.4) is 0 Å². The molecule has 0 aromatic rings. The number of ether oxygens (including phenoxy) is 2. The first kappa shape index (κ1) is 11.5. The van der Waals surface area contributed by atoms with Crippen LogP contribution in [0.5, 0.6) is 0 Å². The summed E-state index contributed by atoms with van der Waals surface area (Å²) in [4.78, 5) is 0. The minimum absolute atomic E-state index is 0.527. The molecule has 0 unspecified atom stereocenters. The third-order valence-corrected chi connectivity index (χ3v) is 1.34. The van der Waals surface area contributed by atoms with Crippen LogP contribution in [0.15, 0.2) is 0 Å². The topological polar surface area (TPSA) is 18.5 Å². The molecular formula is C10H17O2. The zero-order valence-electron chi connectivity index (χ0n) is 8.14. The van der Waals surface area contributed by atoms with E-state index >= 15 is 0 Å². The highest BCUT2D eigenvalue weighted by atomic mass is 16.5. The van der Waals surface area contributed by atoms with Crippen LogP contribution in [-0.2, 0) is 9.47 Å². The summed E-state index contributed by atoms with van der Waals surface area (Å²) in [6.07, 6.45) is 7.93. The Hall–Kier alpha value is -0.520. The van der Waals surface area contributed by atoms with Gasteiger partial charge >= 0.3 is 0 Å². The van der Waals surface area contributed by atoms with Crippen molar-refractivity contribution < 1.29 is 9.47 Å². The molecule has 0 bridgehead atoms. The molecule has 0 amide bonds. The lowest BCUT2D eigenvalue weighted by molar-refractivity contribution is -0.0133. The van der Waals surface area contributed by atoms with E-state index in [1.165, 1.54) is 0 Å². The van der Waals surface area contributed by atoms with Crippen molar-refractivity contribution in [2.24, 2.45) is 0 Å². The lowest BCUT2D eigenvalue weighted by atomic mass is 10.1. The molecule has 0 aliphatic heterocycles. The summed E-state index contributed by atoms with van der Waals surface area (Å²) in [5.41, 5.74) is -0.574. The van der Waals surface area contributed by atoms with Crippen molar-refractivity contribution in [1.29, 1.82) is 0 Å². The van der Waals surface area contributed by atoms with Crippen molar-refractivity contribution >= 4 is 0 Å². The van der Waals surface area contributed by atoms with Gasteiger partial charge in [-0.3, -0.25) is 0 Å². The van der Waals surface area contributed by atoms with Gasteiger partial charge in [0.05, 0.1) is 13.2 Å². The smallest absolute Gasteiger partial charge is 0.124 e. The predicted molar refractivity (Wildman–Crippen MR) is 48.3 cm³/mol. The van der Waals surface area contributed by atoms with Gasteiger partial charge in [0, 0.05) is 6.61 Å². The molecule has 0 aliphatic carbocycles. The summed E-state index contributed by atoms with van der Waals surface area (Å²) in [6, 6.07) is 0. The number of hydrogen-bond donors (Lipinski definition) is 0. The fourth-order valence-electron chi connectivity index (χ4n) is 0.638. The molecule has 0 rings (SSSR count). The standard InChI is InChI=1S/C10H17O2/c1-5-7-11-8-9-12-10(3,4)6-2/h5,7-9H2,1,3-4H3. The van der Waals surface area contributed by atoms with Crippen LogP contribution >= 0.6 is 0 Å². The molecule has 2 heteroatoms. The second-order valence-corrected chi connectivity index (χ2v) is 3.10. The van der Waals surface area contributed by atoms with Crippen molar-refractivity contribution in [2.45, 2.75) is 32.8 Å². The average molecular weight is 169 g/mol. The molecule has 0 aliphatic rings. The Kier molecular flexibility index (Phi) is 5.79. The van der Waals surface area contributed by atoms with Crippen molar-refractivity contribution in [3.63, 3.8) is 0 Å². The fraction of sp³-hybridized carbons (Fsp3) is 0.800. The van der Waals surface area contributed by atoms with Crippen LogP contribution in [0.4, 0.5) is 0 Å². The molecule has 0 aromatic carbocycles. The maximum absolute atomic E-state index is 6.91. The first-order valence-corrected chi connectivity index (χ1v) is 4.28. The summed E-state index contributed by atoms with van der Waals surface area (Å²) >= 11 is 0. The van der Waals surface area contributed by atoms with Gasteiger partial charge in [-0.25, -0.2) is 0 Å². The highest BCUT2D eigenvalue weighted by Gasteiger charge is 2.12. The van der Waals surface area contributed by atoms with Crippen molar-refractivity contribution in [3.8, 4) is 5.92 Å². The average Bonchev–Trinajstić information content (AvgIpc) is 2.04. The summed E-state index contributed by atoms with van der Waals surface area (Å²) < 4.78 is 10.5. The van der Waals surface area contributed by atoms with Crippen LogP contribution in [-0.4, -0.2) is 25.4 Å². The van der Waals surface area contributed by atoms with E-state index < -0.39 is 5.60 Å². The summed E-state index contributed by atoms with van der Waals surface area (Å²) in [7, 11) is 0. The minimum Gasteiger partial charge on any atom is -0.379 e. The first-order valence-electron chi connectivity index (χ1n) is 4.28. The monoisotopic (exact) mass is 169 g/mol. The molecule has 1 radical (unpaired) electrons. The predicted octanol–water partition coefficient (Wildman–Crippen LogP) is 1.80. The van der Waals surface area contributed by atoms with E-state index in [1.807, 2.05) is 0 Å². The van der Waals surface area contributed by atoms with Crippen molar-refractivity contribution in [1.82, 2.24) is 0 Å². The Morgan fingerprint density at radius 1 is 1.25 bits per heavy atom. The molecule has 0 saturated heterocycles. The molecule has 0 atom stereocenters. The van der Waals surface area contributed by atoms with E-state index in [1.54, 1.807) is 13.8 Å². The lowest BCUT2D eigenvalue weighted by Gasteiger charge is -2.17. The van der Waals surface area contributed by atoms with Crippen molar-refractivity contribution in [3.05, 3.63) is 6.42 Å². The van der Waals surface area contributed by atoms with Gasteiger partial charge in [-0.15, -0.1) is 0 Å². The Balaban J connectivity index is 3.27. The van der Waals surface area contributed by atoms with Crippen LogP contribution in [0, 0.1) is 12.3 Å². The van der Waals surface area contributed by atoms with Crippen LogP contribution in [0.2, 0.25) is 0 Å². The molecule has 0 N–H and O–H groups in total. The number of rotatable bonds is 6. The van der Waals surface area contributed by atoms with Crippen LogP contribution in [0.25, 0.3) is 0 Å². The maximum atomic E-state index is 6.91. The molecule has 69 valence electrons. The van der Waals surface area contributed by atoms with Crippen LogP contribution < -0.4 is 0 Å². The minimum atomic E-state index is -0.574. The highest BCUT2D eigenvalue weighted by Crippen LogP contribution is 2.05. The van der Waals surface area contributed by atoms with Gasteiger partial charge in [-0.2, -0.15) is 0 Å². The van der Waals surface area contributed by atoms with Gasteiger partial charge in [0.2, 0.25) is 0 Å². The zero-order chi connectivity index (χ0) is 9.45. The van der Waals surface area contributed by atoms with Gasteiger partial charge in [-0.1, -0.05) is 12.8 Å². The second kappa shape index (κ2) is 6.05. The Bertz CT molecular complexity index is 144. The van der Waals surface area contributed by atoms with Gasteiger partial charge in [0.1, 0.15) is 5.60 Å². The molecule has 0 spiro atoms. The van der Waals surface area contributed by atoms with Crippen molar-refractivity contribution in [2.75, 3.05) is 19.8 Å². The maximum Gasteiger partial charge on any atom is 0.124 e. The van der Waals surface area contributed by atoms with E-state index in [0.29, 0.717) is 13.2 Å². The largest absolute Gasteiger partial charge is 0.379 e. The molecule has 0 heterocycles. The summed E-state index contributed by atoms with van der Waals surface area (Å²) in [5.74, 6) is 2.30. The fourth-order valence-corrected chi connectivity index (χ4v) is 0.638. The summed E-state index contributed by atoms with van der Waals surface area (Å²) in [5, 5.41) is 0. The zero-order valence-corrected chi connectivity index (χ0v) is 8.14. The first-order chi connectivity index (χ1) is 5.62. The van der Waals surface area contributed by atoms with Gasteiger partial charge in [-0.05, 0) is 26.7 Å². The lowest BCUT2D eigenvalue weighted by Crippen LogP contribution is -2.24. The normalized spacial score (nSPS) is 11.2. The third-order valence-electron chi connectivity index (χ3n) is 1.34. The van der Waals surface area contributed by atoms with Gasteiger partial charge < -0.3 is 9.47 Å². The van der Waals surface area contributed by atoms with Gasteiger partial charge in [0.25, 0.3) is 0 Å². The molecule has 0 saturated carbocycles. The Labute approximate surface area is 75.3 Å². The SMILES string of the molecule is [C]#CC(C)(C)OCCOCCC.